The van der Waals surface area contributed by atoms with Crippen molar-refractivity contribution in [3.05, 3.63) is 0 Å². The summed E-state index contributed by atoms with van der Waals surface area (Å²) in [6.07, 6.45) is -0.660. The fourth-order valence-corrected chi connectivity index (χ4v) is 0.501. The number of hydrogen-bond acceptors (Lipinski definition) is 4. The second-order valence-corrected chi connectivity index (χ2v) is 2.46. The average Bonchev–Trinajstić information content (AvgIpc) is 1.87. The lowest BCUT2D eigenvalue weighted by atomic mass is 10.3. The third-order valence-corrected chi connectivity index (χ3v) is 0.879. The Morgan fingerprint density at radius 3 is 1.67 bits per heavy atom. The summed E-state index contributed by atoms with van der Waals surface area (Å²) in [5.74, 6) is 0. The lowest BCUT2D eigenvalue weighted by Gasteiger charge is -2.07. The van der Waals surface area contributed by atoms with Crippen molar-refractivity contribution in [1.82, 2.24) is 5.32 Å². The summed E-state index contributed by atoms with van der Waals surface area (Å²) in [6.45, 7) is 4.25. The molecule has 0 aliphatic heterocycles. The van der Waals surface area contributed by atoms with E-state index in [0.29, 0.717) is 13.1 Å². The molecule has 2 unspecified atom stereocenters. The molecule has 12 heavy (non-hydrogen) atoms. The predicted octanol–water partition coefficient (Wildman–Crippen LogP) is -0.962. The Bertz CT molecular complexity index is 87.4. The van der Waals surface area contributed by atoms with Gasteiger partial charge in [-0.1, -0.05) is 0 Å². The second kappa shape index (κ2) is 10.3. The zero-order valence-corrected chi connectivity index (χ0v) is 7.40. The average molecular weight is 179 g/mol. The summed E-state index contributed by atoms with van der Waals surface area (Å²) in [7, 11) is 0. The Hall–Kier alpha value is -0.650. The first-order valence-electron chi connectivity index (χ1n) is 3.69. The maximum atomic E-state index is 8.72. The fourth-order valence-electron chi connectivity index (χ4n) is 0.501. The van der Waals surface area contributed by atoms with Crippen molar-refractivity contribution < 1.29 is 20.1 Å². The molecule has 0 spiro atoms. The van der Waals surface area contributed by atoms with Crippen LogP contribution in [-0.2, 0) is 4.79 Å². The van der Waals surface area contributed by atoms with Gasteiger partial charge in [-0.15, -0.1) is 0 Å². The highest BCUT2D eigenvalue weighted by molar-refractivity contribution is 5.32. The molecular weight excluding hydrogens is 162 g/mol. The number of nitrogens with one attached hydrogen (secondary N) is 1. The van der Waals surface area contributed by atoms with Crippen molar-refractivity contribution in [1.29, 1.82) is 0 Å². The number of carbonyl (C=O) groups is 1. The van der Waals surface area contributed by atoms with E-state index in [9.17, 15) is 0 Å². The minimum absolute atomic E-state index is 0.250. The van der Waals surface area contributed by atoms with Gasteiger partial charge in [-0.05, 0) is 13.8 Å². The molecule has 5 nitrogen and oxygen atoms in total. The zero-order chi connectivity index (χ0) is 9.98. The van der Waals surface area contributed by atoms with E-state index in [2.05, 4.69) is 5.32 Å². The summed E-state index contributed by atoms with van der Waals surface area (Å²) >= 11 is 0. The smallest absolute Gasteiger partial charge is 0.290 e. The lowest BCUT2D eigenvalue weighted by molar-refractivity contribution is -0.122. The SMILES string of the molecule is CC(O)CNCC(C)O.O=CO. The molecule has 0 amide bonds. The summed E-state index contributed by atoms with van der Waals surface area (Å²) in [4.78, 5) is 8.36. The third-order valence-electron chi connectivity index (χ3n) is 0.879. The van der Waals surface area contributed by atoms with Crippen LogP contribution < -0.4 is 5.32 Å². The van der Waals surface area contributed by atoms with Crippen LogP contribution in [0.4, 0.5) is 0 Å². The van der Waals surface area contributed by atoms with Crippen molar-refractivity contribution in [3.8, 4) is 0 Å². The van der Waals surface area contributed by atoms with Gasteiger partial charge in [-0.2, -0.15) is 0 Å². The minimum atomic E-state index is -0.330. The molecule has 0 saturated heterocycles. The fraction of sp³-hybridized carbons (Fsp3) is 0.857. The largest absolute Gasteiger partial charge is 0.483 e. The van der Waals surface area contributed by atoms with Crippen molar-refractivity contribution in [2.45, 2.75) is 26.1 Å². The molecule has 0 radical (unpaired) electrons. The molecule has 2 atom stereocenters. The molecule has 0 aromatic carbocycles. The van der Waals surface area contributed by atoms with Crippen LogP contribution in [0.15, 0.2) is 0 Å². The van der Waals surface area contributed by atoms with Crippen molar-refractivity contribution >= 4 is 6.47 Å². The molecular formula is C7H17NO4. The van der Waals surface area contributed by atoms with Crippen LogP contribution in [0.1, 0.15) is 13.8 Å². The molecule has 0 heterocycles. The summed E-state index contributed by atoms with van der Waals surface area (Å²) in [5.41, 5.74) is 0. The van der Waals surface area contributed by atoms with E-state index in [-0.39, 0.29) is 18.7 Å². The highest BCUT2D eigenvalue weighted by atomic mass is 16.3. The van der Waals surface area contributed by atoms with E-state index < -0.39 is 0 Å². The molecule has 0 fully saturated rings. The second-order valence-electron chi connectivity index (χ2n) is 2.46. The van der Waals surface area contributed by atoms with Crippen LogP contribution in [-0.4, -0.2) is 47.1 Å². The van der Waals surface area contributed by atoms with Crippen molar-refractivity contribution in [2.24, 2.45) is 0 Å². The van der Waals surface area contributed by atoms with Crippen molar-refractivity contribution in [2.75, 3.05) is 13.1 Å². The molecule has 74 valence electrons. The number of carboxylic acid groups (broad SMARTS) is 1. The van der Waals surface area contributed by atoms with Gasteiger partial charge < -0.3 is 20.6 Å². The first-order valence-corrected chi connectivity index (χ1v) is 3.69. The molecule has 0 rings (SSSR count). The van der Waals surface area contributed by atoms with E-state index in [0.717, 1.165) is 0 Å². The molecule has 0 aliphatic carbocycles. The number of aliphatic hydroxyl groups is 2. The van der Waals surface area contributed by atoms with Gasteiger partial charge in [-0.25, -0.2) is 0 Å². The van der Waals surface area contributed by atoms with Crippen molar-refractivity contribution in [3.63, 3.8) is 0 Å². The van der Waals surface area contributed by atoms with E-state index in [1.165, 1.54) is 0 Å². The molecule has 0 bridgehead atoms. The third kappa shape index (κ3) is 22.8. The molecule has 0 aliphatic rings. The minimum Gasteiger partial charge on any atom is -0.483 e. The Kier molecular flexibility index (Phi) is 12.0. The first kappa shape index (κ1) is 13.9. The Morgan fingerprint density at radius 1 is 1.25 bits per heavy atom. The highest BCUT2D eigenvalue weighted by Gasteiger charge is 1.96. The van der Waals surface area contributed by atoms with Gasteiger partial charge >= 0.3 is 0 Å². The van der Waals surface area contributed by atoms with E-state index >= 15 is 0 Å². The maximum Gasteiger partial charge on any atom is 0.290 e. The first-order chi connectivity index (χ1) is 5.54. The van der Waals surface area contributed by atoms with Crippen LogP contribution in [0.25, 0.3) is 0 Å². The van der Waals surface area contributed by atoms with Gasteiger partial charge in [0.2, 0.25) is 0 Å². The molecule has 0 saturated carbocycles. The lowest BCUT2D eigenvalue weighted by Crippen LogP contribution is -2.30. The highest BCUT2D eigenvalue weighted by Crippen LogP contribution is 1.77. The van der Waals surface area contributed by atoms with E-state index in [4.69, 9.17) is 20.1 Å². The molecule has 5 heteroatoms. The summed E-state index contributed by atoms with van der Waals surface area (Å²) in [5, 5.41) is 27.2. The molecule has 4 N–H and O–H groups in total. The van der Waals surface area contributed by atoms with Gasteiger partial charge in [0.1, 0.15) is 0 Å². The topological polar surface area (TPSA) is 89.8 Å². The van der Waals surface area contributed by atoms with Gasteiger partial charge in [-0.3, -0.25) is 4.79 Å². The van der Waals surface area contributed by atoms with Gasteiger partial charge in [0.15, 0.2) is 0 Å². The number of aliphatic hydroxyl groups excluding tert-OH is 2. The standard InChI is InChI=1S/C6H15NO2.CH2O2/c1-5(8)3-7-4-6(2)9;2-1-3/h5-9H,3-4H2,1-2H3;1H,(H,2,3). The summed E-state index contributed by atoms with van der Waals surface area (Å²) < 4.78 is 0. The van der Waals surface area contributed by atoms with Crippen LogP contribution >= 0.6 is 0 Å². The van der Waals surface area contributed by atoms with E-state index in [1.54, 1.807) is 13.8 Å². The van der Waals surface area contributed by atoms with Gasteiger partial charge in [0.25, 0.3) is 6.47 Å². The molecule has 0 aromatic rings. The van der Waals surface area contributed by atoms with Gasteiger partial charge in [0, 0.05) is 13.1 Å². The summed E-state index contributed by atoms with van der Waals surface area (Å²) in [6, 6.07) is 0. The Balaban J connectivity index is 0. The van der Waals surface area contributed by atoms with Crippen LogP contribution in [0, 0.1) is 0 Å². The van der Waals surface area contributed by atoms with E-state index in [1.807, 2.05) is 0 Å². The number of hydrogen-bond donors (Lipinski definition) is 4. The quantitative estimate of drug-likeness (QED) is 0.417. The Labute approximate surface area is 72.0 Å². The number of rotatable bonds is 4. The maximum absolute atomic E-state index is 8.72. The van der Waals surface area contributed by atoms with Crippen LogP contribution in [0.5, 0.6) is 0 Å². The zero-order valence-electron chi connectivity index (χ0n) is 7.40. The predicted molar refractivity (Wildman–Crippen MR) is 44.9 cm³/mol. The van der Waals surface area contributed by atoms with Crippen LogP contribution in [0.2, 0.25) is 0 Å². The molecule has 0 aromatic heterocycles. The van der Waals surface area contributed by atoms with Crippen LogP contribution in [0.3, 0.4) is 0 Å². The Morgan fingerprint density at radius 2 is 1.50 bits per heavy atom. The monoisotopic (exact) mass is 179 g/mol. The van der Waals surface area contributed by atoms with Gasteiger partial charge in [0.05, 0.1) is 12.2 Å². The normalized spacial score (nSPS) is 14.0.